The molecule has 0 bridgehead atoms. The number of pyridine rings is 1. The fourth-order valence-electron chi connectivity index (χ4n) is 4.09. The molecule has 5 heterocycles. The first kappa shape index (κ1) is 18.7. The normalized spacial score (nSPS) is 15.1. The number of fused-ring (bicyclic) bond motifs is 2. The van der Waals surface area contributed by atoms with Gasteiger partial charge in [-0.05, 0) is 50.2 Å². The van der Waals surface area contributed by atoms with Crippen LogP contribution in [0.25, 0.3) is 27.1 Å². The van der Waals surface area contributed by atoms with Gasteiger partial charge in [-0.2, -0.15) is 5.10 Å². The van der Waals surface area contributed by atoms with Crippen molar-refractivity contribution in [1.82, 2.24) is 35.1 Å². The van der Waals surface area contributed by atoms with Gasteiger partial charge in [-0.1, -0.05) is 22.9 Å². The molecule has 0 aliphatic carbocycles. The Kier molecular flexibility index (Phi) is 4.59. The fourth-order valence-corrected chi connectivity index (χ4v) is 5.13. The second-order valence-corrected chi connectivity index (χ2v) is 8.99. The molecule has 10 heteroatoms. The van der Waals surface area contributed by atoms with Gasteiger partial charge in [-0.3, -0.25) is 5.10 Å². The number of hydrogen-bond donors (Lipinski definition) is 3. The Morgan fingerprint density at radius 2 is 2.06 bits per heavy atom. The lowest BCUT2D eigenvalue weighted by Crippen LogP contribution is -2.26. The van der Waals surface area contributed by atoms with Gasteiger partial charge < -0.3 is 15.0 Å². The van der Waals surface area contributed by atoms with E-state index in [2.05, 4.69) is 41.6 Å². The number of nitrogens with zero attached hydrogens (tertiary/aromatic N) is 5. The number of H-pyrrole nitrogens is 1. The Morgan fingerprint density at radius 3 is 2.97 bits per heavy atom. The van der Waals surface area contributed by atoms with E-state index in [1.807, 2.05) is 30.5 Å². The molecule has 1 aliphatic rings. The molecule has 1 saturated heterocycles. The second kappa shape index (κ2) is 7.60. The van der Waals surface area contributed by atoms with Gasteiger partial charge in [0, 0.05) is 23.7 Å². The van der Waals surface area contributed by atoms with E-state index >= 15 is 0 Å². The molecule has 1 aromatic carbocycles. The third-order valence-corrected chi connectivity index (χ3v) is 6.99. The van der Waals surface area contributed by atoms with Gasteiger partial charge in [-0.15, -0.1) is 10.2 Å². The molecule has 5 aromatic rings. The number of nitrogens with one attached hydrogen (secondary N) is 3. The second-order valence-electron chi connectivity index (χ2n) is 7.64. The first-order chi connectivity index (χ1) is 15.3. The minimum Gasteiger partial charge on any atom is -0.329 e. The highest BCUT2D eigenvalue weighted by atomic mass is 35.5. The molecule has 156 valence electrons. The summed E-state index contributed by atoms with van der Waals surface area (Å²) in [4.78, 5) is 4.97. The zero-order valence-electron chi connectivity index (χ0n) is 16.5. The highest BCUT2D eigenvalue weighted by Gasteiger charge is 2.20. The zero-order valence-corrected chi connectivity index (χ0v) is 18.0. The molecule has 8 nitrogen and oxygen atoms in total. The molecule has 31 heavy (non-hydrogen) atoms. The maximum absolute atomic E-state index is 6.53. The Labute approximate surface area is 186 Å². The third-order valence-electron chi connectivity index (χ3n) is 5.71. The van der Waals surface area contributed by atoms with Crippen molar-refractivity contribution < 1.29 is 0 Å². The van der Waals surface area contributed by atoms with Crippen LogP contribution in [0.1, 0.15) is 24.5 Å². The standard InChI is InChI=1S/C21H19ClN8S/c22-18-14-10-24-27-15(14)3-4-16(18)26-21-29-28-20(31-21)13-2-1-9-30-11-17(25-19(13)30)12-5-7-23-8-6-12/h1-4,9-12,23H,5-8H2,(H,24,27)(H,26,29). The lowest BCUT2D eigenvalue weighted by Gasteiger charge is -2.20. The number of aromatic nitrogens is 6. The summed E-state index contributed by atoms with van der Waals surface area (Å²) in [6, 6.07) is 7.91. The minimum absolute atomic E-state index is 0.501. The Morgan fingerprint density at radius 1 is 1.16 bits per heavy atom. The van der Waals surface area contributed by atoms with E-state index in [4.69, 9.17) is 16.6 Å². The maximum Gasteiger partial charge on any atom is 0.210 e. The van der Waals surface area contributed by atoms with E-state index in [-0.39, 0.29) is 0 Å². The van der Waals surface area contributed by atoms with Crippen LogP contribution >= 0.6 is 22.9 Å². The summed E-state index contributed by atoms with van der Waals surface area (Å²) < 4.78 is 2.09. The topological polar surface area (TPSA) is 95.8 Å². The molecule has 0 spiro atoms. The summed E-state index contributed by atoms with van der Waals surface area (Å²) in [6.07, 6.45) is 8.14. The Balaban J connectivity index is 1.32. The fraction of sp³-hybridized carbons (Fsp3) is 0.238. The molecule has 1 aliphatic heterocycles. The lowest BCUT2D eigenvalue weighted by atomic mass is 9.95. The van der Waals surface area contributed by atoms with E-state index < -0.39 is 0 Å². The average molecular weight is 451 g/mol. The molecular formula is C21H19ClN8S. The molecule has 1 fully saturated rings. The summed E-state index contributed by atoms with van der Waals surface area (Å²) in [5.41, 5.74) is 4.70. The molecule has 0 atom stereocenters. The van der Waals surface area contributed by atoms with Crippen LogP contribution in [0, 0.1) is 0 Å². The van der Waals surface area contributed by atoms with Crippen LogP contribution in [0.2, 0.25) is 5.02 Å². The smallest absolute Gasteiger partial charge is 0.210 e. The number of anilines is 2. The first-order valence-corrected chi connectivity index (χ1v) is 11.4. The predicted molar refractivity (Wildman–Crippen MR) is 123 cm³/mol. The van der Waals surface area contributed by atoms with E-state index in [9.17, 15) is 0 Å². The summed E-state index contributed by atoms with van der Waals surface area (Å²) in [6.45, 7) is 2.09. The van der Waals surface area contributed by atoms with Gasteiger partial charge >= 0.3 is 0 Å². The molecule has 4 aromatic heterocycles. The number of imidazole rings is 1. The maximum atomic E-state index is 6.53. The molecular weight excluding hydrogens is 432 g/mol. The van der Waals surface area contributed by atoms with E-state index in [0.29, 0.717) is 16.1 Å². The van der Waals surface area contributed by atoms with Crippen LogP contribution in [0.3, 0.4) is 0 Å². The largest absolute Gasteiger partial charge is 0.329 e. The number of halogens is 1. The van der Waals surface area contributed by atoms with Crippen LogP contribution in [0.4, 0.5) is 10.8 Å². The Bertz CT molecular complexity index is 1380. The highest BCUT2D eigenvalue weighted by molar-refractivity contribution is 7.18. The molecule has 6 rings (SSSR count). The summed E-state index contributed by atoms with van der Waals surface area (Å²) in [5.74, 6) is 0.501. The van der Waals surface area contributed by atoms with Crippen LogP contribution in [0.15, 0.2) is 42.9 Å². The van der Waals surface area contributed by atoms with Gasteiger partial charge in [0.2, 0.25) is 5.13 Å². The van der Waals surface area contributed by atoms with Gasteiger partial charge in [0.25, 0.3) is 0 Å². The van der Waals surface area contributed by atoms with Crippen molar-refractivity contribution in [1.29, 1.82) is 0 Å². The molecule has 0 amide bonds. The monoisotopic (exact) mass is 450 g/mol. The molecule has 0 unspecified atom stereocenters. The third kappa shape index (κ3) is 3.34. The van der Waals surface area contributed by atoms with E-state index in [0.717, 1.165) is 64.4 Å². The average Bonchev–Trinajstić information content (AvgIpc) is 3.55. The summed E-state index contributed by atoms with van der Waals surface area (Å²) in [5, 5.41) is 25.4. The number of piperidine rings is 1. The van der Waals surface area contributed by atoms with Gasteiger partial charge in [-0.25, -0.2) is 4.98 Å². The van der Waals surface area contributed by atoms with Crippen LogP contribution in [-0.2, 0) is 0 Å². The van der Waals surface area contributed by atoms with Crippen molar-refractivity contribution in [2.24, 2.45) is 0 Å². The first-order valence-electron chi connectivity index (χ1n) is 10.2. The van der Waals surface area contributed by atoms with E-state index in [1.165, 1.54) is 11.3 Å². The highest BCUT2D eigenvalue weighted by Crippen LogP contribution is 2.35. The van der Waals surface area contributed by atoms with Crippen molar-refractivity contribution in [2.75, 3.05) is 18.4 Å². The summed E-state index contributed by atoms with van der Waals surface area (Å²) >= 11 is 8.01. The zero-order chi connectivity index (χ0) is 20.8. The molecule has 3 N–H and O–H groups in total. The van der Waals surface area contributed by atoms with Crippen molar-refractivity contribution in [2.45, 2.75) is 18.8 Å². The van der Waals surface area contributed by atoms with Crippen molar-refractivity contribution in [3.63, 3.8) is 0 Å². The van der Waals surface area contributed by atoms with Gasteiger partial charge in [0.15, 0.2) is 5.01 Å². The Hall–Kier alpha value is -3.01. The summed E-state index contributed by atoms with van der Waals surface area (Å²) in [7, 11) is 0. The van der Waals surface area contributed by atoms with Crippen molar-refractivity contribution in [3.05, 3.63) is 53.6 Å². The predicted octanol–water partition coefficient (Wildman–Crippen LogP) is 4.59. The number of rotatable bonds is 4. The number of aromatic amines is 1. The van der Waals surface area contributed by atoms with Crippen molar-refractivity contribution >= 4 is 50.3 Å². The number of benzene rings is 1. The minimum atomic E-state index is 0.501. The number of hydrogen-bond acceptors (Lipinski definition) is 7. The lowest BCUT2D eigenvalue weighted by molar-refractivity contribution is 0.454. The molecule has 0 radical (unpaired) electrons. The van der Waals surface area contributed by atoms with Crippen LogP contribution < -0.4 is 10.6 Å². The van der Waals surface area contributed by atoms with Gasteiger partial charge in [0.05, 0.1) is 33.7 Å². The van der Waals surface area contributed by atoms with Crippen LogP contribution in [-0.4, -0.2) is 42.9 Å². The molecule has 0 saturated carbocycles. The van der Waals surface area contributed by atoms with E-state index in [1.54, 1.807) is 6.20 Å². The van der Waals surface area contributed by atoms with Crippen molar-refractivity contribution in [3.8, 4) is 10.6 Å². The van der Waals surface area contributed by atoms with Gasteiger partial charge in [0.1, 0.15) is 5.65 Å². The quantitative estimate of drug-likeness (QED) is 0.370. The SMILES string of the molecule is Clc1c(Nc2nnc(-c3cccn4cc(C5CCNCC5)nc34)s2)ccc2[nH]ncc12. The van der Waals surface area contributed by atoms with Crippen LogP contribution in [0.5, 0.6) is 0 Å².